The Balaban J connectivity index is 1.50. The van der Waals surface area contributed by atoms with Crippen molar-refractivity contribution < 1.29 is 45.1 Å². The summed E-state index contributed by atoms with van der Waals surface area (Å²) in [5.74, 6) is -1.82. The number of nitrogens with zero attached hydrogens (tertiary/aromatic N) is 1. The first kappa shape index (κ1) is 30.5. The Morgan fingerprint density at radius 1 is 0.930 bits per heavy atom. The van der Waals surface area contributed by atoms with Crippen molar-refractivity contribution in [1.29, 1.82) is 0 Å². The Labute approximate surface area is 242 Å². The Hall–Kier alpha value is -3.93. The van der Waals surface area contributed by atoms with Crippen LogP contribution in [0.3, 0.4) is 0 Å². The minimum atomic E-state index is -5.03. The maximum atomic E-state index is 13.9. The number of piperidine rings is 1. The second-order valence-electron chi connectivity index (χ2n) is 10.8. The van der Waals surface area contributed by atoms with Gasteiger partial charge < -0.3 is 15.0 Å². The van der Waals surface area contributed by atoms with Crippen LogP contribution in [-0.2, 0) is 21.9 Å². The molecule has 0 aliphatic carbocycles. The van der Waals surface area contributed by atoms with Crippen molar-refractivity contribution in [2.75, 3.05) is 6.54 Å². The third-order valence-electron chi connectivity index (χ3n) is 7.97. The molecule has 5 rings (SSSR count). The molecule has 228 valence electrons. The SMILES string of the molecule is C[C@@H](OC1CN2C(=O)CCC(NC(=O)c3ccccc3)C2[C@@H]1c1ccc(F)cc1)c1cc(C(F)(F)F)cc(C(F)(F)F)c1. The van der Waals surface area contributed by atoms with Crippen molar-refractivity contribution >= 4 is 11.8 Å². The van der Waals surface area contributed by atoms with E-state index in [1.54, 1.807) is 30.3 Å². The second kappa shape index (κ2) is 11.6. The fraction of sp³-hybridized carbons (Fsp3) is 0.355. The van der Waals surface area contributed by atoms with E-state index in [0.29, 0.717) is 29.7 Å². The van der Waals surface area contributed by atoms with E-state index in [1.807, 2.05) is 0 Å². The van der Waals surface area contributed by atoms with Gasteiger partial charge in [0.15, 0.2) is 0 Å². The molecule has 5 atom stereocenters. The zero-order valence-electron chi connectivity index (χ0n) is 22.8. The quantitative estimate of drug-likeness (QED) is 0.310. The van der Waals surface area contributed by atoms with Gasteiger partial charge in [-0.3, -0.25) is 9.59 Å². The number of fused-ring (bicyclic) bond motifs is 1. The number of alkyl halides is 6. The third kappa shape index (κ3) is 6.53. The molecular weight excluding hydrogens is 581 g/mol. The van der Waals surface area contributed by atoms with E-state index >= 15 is 0 Å². The first-order valence-electron chi connectivity index (χ1n) is 13.6. The summed E-state index contributed by atoms with van der Waals surface area (Å²) in [6.07, 6.45) is -11.8. The van der Waals surface area contributed by atoms with E-state index in [0.717, 1.165) is 0 Å². The van der Waals surface area contributed by atoms with Gasteiger partial charge in [-0.1, -0.05) is 30.3 Å². The van der Waals surface area contributed by atoms with Crippen LogP contribution in [-0.4, -0.2) is 41.4 Å². The molecule has 2 aliphatic heterocycles. The van der Waals surface area contributed by atoms with E-state index in [2.05, 4.69) is 5.32 Å². The van der Waals surface area contributed by atoms with Crippen molar-refractivity contribution in [2.45, 2.75) is 62.3 Å². The number of nitrogens with one attached hydrogen (secondary N) is 1. The van der Waals surface area contributed by atoms with Crippen molar-refractivity contribution in [3.63, 3.8) is 0 Å². The Kier molecular flexibility index (Phi) is 8.26. The monoisotopic (exact) mass is 608 g/mol. The molecule has 0 aromatic heterocycles. The van der Waals surface area contributed by atoms with Crippen LogP contribution in [0.5, 0.6) is 0 Å². The molecule has 3 unspecified atom stereocenters. The summed E-state index contributed by atoms with van der Waals surface area (Å²) in [7, 11) is 0. The van der Waals surface area contributed by atoms with Crippen molar-refractivity contribution in [2.24, 2.45) is 0 Å². The number of halogens is 7. The summed E-state index contributed by atoms with van der Waals surface area (Å²) in [5.41, 5.74) is -2.34. The molecule has 2 saturated heterocycles. The van der Waals surface area contributed by atoms with E-state index in [9.17, 15) is 40.3 Å². The van der Waals surface area contributed by atoms with Crippen molar-refractivity contribution in [1.82, 2.24) is 10.2 Å². The number of benzene rings is 3. The molecule has 0 saturated carbocycles. The first-order valence-corrected chi connectivity index (χ1v) is 13.6. The summed E-state index contributed by atoms with van der Waals surface area (Å²) in [6.45, 7) is 1.31. The molecule has 12 heteroatoms. The van der Waals surface area contributed by atoms with Gasteiger partial charge in [0.25, 0.3) is 5.91 Å². The van der Waals surface area contributed by atoms with Gasteiger partial charge in [-0.05, 0) is 66.9 Å². The molecule has 2 amide bonds. The summed E-state index contributed by atoms with van der Waals surface area (Å²) in [4.78, 5) is 27.7. The molecule has 3 aromatic rings. The minimum absolute atomic E-state index is 0.0291. The molecule has 0 bridgehead atoms. The van der Waals surface area contributed by atoms with Crippen LogP contribution < -0.4 is 5.32 Å². The largest absolute Gasteiger partial charge is 0.416 e. The topological polar surface area (TPSA) is 58.6 Å². The molecule has 0 radical (unpaired) electrons. The zero-order chi connectivity index (χ0) is 31.1. The average molecular weight is 609 g/mol. The van der Waals surface area contributed by atoms with Gasteiger partial charge in [-0.2, -0.15) is 26.3 Å². The summed E-state index contributed by atoms with van der Waals surface area (Å²) in [6, 6.07) is 13.9. The molecule has 5 nitrogen and oxygen atoms in total. The molecule has 2 aliphatic rings. The molecule has 3 aromatic carbocycles. The van der Waals surface area contributed by atoms with Crippen LogP contribution in [0.2, 0.25) is 0 Å². The number of amides is 2. The van der Waals surface area contributed by atoms with Crippen LogP contribution in [0.1, 0.15) is 64.4 Å². The van der Waals surface area contributed by atoms with Gasteiger partial charge in [0, 0.05) is 24.4 Å². The number of hydrogen-bond acceptors (Lipinski definition) is 3. The van der Waals surface area contributed by atoms with E-state index in [4.69, 9.17) is 4.74 Å². The molecule has 2 fully saturated rings. The number of carbonyl (C=O) groups excluding carboxylic acids is 2. The molecule has 0 spiro atoms. The van der Waals surface area contributed by atoms with Crippen LogP contribution in [0.25, 0.3) is 0 Å². The van der Waals surface area contributed by atoms with E-state index in [1.165, 1.54) is 36.1 Å². The maximum Gasteiger partial charge on any atom is 0.416 e. The number of carbonyl (C=O) groups is 2. The normalized spacial score (nSPS) is 23.2. The number of rotatable bonds is 6. The third-order valence-corrected chi connectivity index (χ3v) is 7.97. The molecule has 43 heavy (non-hydrogen) atoms. The second-order valence-corrected chi connectivity index (χ2v) is 10.8. The van der Waals surface area contributed by atoms with E-state index < -0.39 is 59.5 Å². The van der Waals surface area contributed by atoms with Gasteiger partial charge in [0.2, 0.25) is 5.91 Å². The highest BCUT2D eigenvalue weighted by atomic mass is 19.4. The predicted octanol–water partition coefficient (Wildman–Crippen LogP) is 6.90. The van der Waals surface area contributed by atoms with Crippen molar-refractivity contribution in [3.8, 4) is 0 Å². The maximum absolute atomic E-state index is 13.9. The van der Waals surface area contributed by atoms with Gasteiger partial charge in [0.1, 0.15) is 5.82 Å². The minimum Gasteiger partial charge on any atom is -0.368 e. The number of ether oxygens (including phenoxy) is 1. The van der Waals surface area contributed by atoms with Crippen LogP contribution >= 0.6 is 0 Å². The highest BCUT2D eigenvalue weighted by Crippen LogP contribution is 2.44. The van der Waals surface area contributed by atoms with Gasteiger partial charge in [-0.15, -0.1) is 0 Å². The van der Waals surface area contributed by atoms with E-state index in [-0.39, 0.29) is 36.4 Å². The first-order chi connectivity index (χ1) is 20.2. The van der Waals surface area contributed by atoms with Crippen LogP contribution in [0.4, 0.5) is 30.7 Å². The molecule has 2 heterocycles. The Bertz CT molecular complexity index is 1440. The Morgan fingerprint density at radius 2 is 1.53 bits per heavy atom. The lowest BCUT2D eigenvalue weighted by Gasteiger charge is -2.39. The lowest BCUT2D eigenvalue weighted by atomic mass is 9.82. The highest BCUT2D eigenvalue weighted by Gasteiger charge is 2.52. The highest BCUT2D eigenvalue weighted by molar-refractivity contribution is 5.94. The zero-order valence-corrected chi connectivity index (χ0v) is 22.8. The lowest BCUT2D eigenvalue weighted by Crippen LogP contribution is -2.56. The summed E-state index contributed by atoms with van der Waals surface area (Å²) < 4.78 is 101. The van der Waals surface area contributed by atoms with Gasteiger partial charge in [-0.25, -0.2) is 4.39 Å². The van der Waals surface area contributed by atoms with Gasteiger partial charge in [0.05, 0.1) is 35.4 Å². The van der Waals surface area contributed by atoms with Gasteiger partial charge >= 0.3 is 12.4 Å². The fourth-order valence-corrected chi connectivity index (χ4v) is 5.95. The summed E-state index contributed by atoms with van der Waals surface area (Å²) >= 11 is 0. The fourth-order valence-electron chi connectivity index (χ4n) is 5.95. The smallest absolute Gasteiger partial charge is 0.368 e. The van der Waals surface area contributed by atoms with Crippen LogP contribution in [0.15, 0.2) is 72.8 Å². The van der Waals surface area contributed by atoms with Crippen molar-refractivity contribution in [3.05, 3.63) is 106 Å². The molecular formula is C31H27F7N2O3. The number of hydrogen-bond donors (Lipinski definition) is 1. The standard InChI is InChI=1S/C31H27F7N2O3/c1-17(20-13-21(30(33,34)35)15-22(14-20)31(36,37)38)43-25-16-40-26(41)12-11-24(39-29(42)19-5-3-2-4-6-19)28(40)27(25)18-7-9-23(32)10-8-18/h2-10,13-15,17,24-25,27-28H,11-12,16H2,1H3,(H,39,42)/t17-,24?,25?,27-,28?/m1/s1. The summed E-state index contributed by atoms with van der Waals surface area (Å²) in [5, 5.41) is 2.98. The Morgan fingerprint density at radius 3 is 2.12 bits per heavy atom. The molecule has 1 N–H and O–H groups in total. The predicted molar refractivity (Wildman–Crippen MR) is 141 cm³/mol. The lowest BCUT2D eigenvalue weighted by molar-refractivity contribution is -0.143. The van der Waals surface area contributed by atoms with Crippen LogP contribution in [0, 0.1) is 5.82 Å². The average Bonchev–Trinajstić information content (AvgIpc) is 3.34.